The Morgan fingerprint density at radius 2 is 1.12 bits per heavy atom. The molecular formula is C55H88O3. The van der Waals surface area contributed by atoms with E-state index < -0.39 is 5.60 Å². The van der Waals surface area contributed by atoms with Gasteiger partial charge >= 0.3 is 0 Å². The highest BCUT2D eigenvalue weighted by atomic mass is 16.3. The molecule has 8 aliphatic carbocycles. The predicted molar refractivity (Wildman–Crippen MR) is 244 cm³/mol. The Hall–Kier alpha value is -1.42. The third-order valence-corrected chi connectivity index (χ3v) is 19.2. The van der Waals surface area contributed by atoms with Gasteiger partial charge in [0.15, 0.2) is 0 Å². The van der Waals surface area contributed by atoms with Gasteiger partial charge in [-0.1, -0.05) is 134 Å². The summed E-state index contributed by atoms with van der Waals surface area (Å²) in [6.45, 7) is 26.0. The van der Waals surface area contributed by atoms with Crippen LogP contribution < -0.4 is 0 Å². The largest absolute Gasteiger partial charge is 0.393 e. The summed E-state index contributed by atoms with van der Waals surface area (Å²) in [5.41, 5.74) is 7.95. The fourth-order valence-corrected chi connectivity index (χ4v) is 15.7. The summed E-state index contributed by atoms with van der Waals surface area (Å²) < 4.78 is 0. The SMILES string of the molecule is C[C@H](/C=C/CC(C)(C)C)[C@H]1CC[C@H]2C3=CC=C4C[C@@H](O)CC[C@]4(C)[C@H]3CC[C@]12C.C[C@H](CCCC(C)(C)O)[C@H]1CC[C@H]2C3=CC=C4C[C@@H](O)CC[C@]4(C)[C@H]3CC[C@]12C. The van der Waals surface area contributed by atoms with E-state index in [-0.39, 0.29) is 12.2 Å². The molecule has 3 nitrogen and oxygen atoms in total. The van der Waals surface area contributed by atoms with Gasteiger partial charge in [0.25, 0.3) is 0 Å². The first kappa shape index (κ1) is 44.6. The topological polar surface area (TPSA) is 60.7 Å². The molecule has 0 amide bonds. The van der Waals surface area contributed by atoms with Gasteiger partial charge in [0.2, 0.25) is 0 Å². The highest BCUT2D eigenvalue weighted by Gasteiger charge is 2.58. The normalized spacial score (nSPS) is 43.1. The summed E-state index contributed by atoms with van der Waals surface area (Å²) in [5, 5.41) is 30.5. The van der Waals surface area contributed by atoms with Crippen LogP contribution >= 0.6 is 0 Å². The van der Waals surface area contributed by atoms with Crippen molar-refractivity contribution in [3.8, 4) is 0 Å². The number of allylic oxidation sites excluding steroid dienone is 8. The van der Waals surface area contributed by atoms with Crippen molar-refractivity contribution < 1.29 is 15.3 Å². The molecule has 6 fully saturated rings. The van der Waals surface area contributed by atoms with Crippen LogP contribution in [0.1, 0.15) is 192 Å². The summed E-state index contributed by atoms with van der Waals surface area (Å²) in [6.07, 6.45) is 36.0. The van der Waals surface area contributed by atoms with Gasteiger partial charge in [0, 0.05) is 0 Å². The minimum Gasteiger partial charge on any atom is -0.393 e. The molecule has 8 rings (SSSR count). The molecule has 3 heteroatoms. The van der Waals surface area contributed by atoms with Crippen molar-refractivity contribution in [1.29, 1.82) is 0 Å². The number of hydrogen-bond donors (Lipinski definition) is 3. The fraction of sp³-hybridized carbons (Fsp3) is 0.818. The second-order valence-corrected chi connectivity index (χ2v) is 24.7. The Labute approximate surface area is 356 Å². The molecule has 0 bridgehead atoms. The van der Waals surface area contributed by atoms with Gasteiger partial charge in [0.05, 0.1) is 17.8 Å². The quantitative estimate of drug-likeness (QED) is 0.214. The zero-order valence-electron chi connectivity index (χ0n) is 39.3. The molecule has 14 atom stereocenters. The average molecular weight is 797 g/mol. The minimum absolute atomic E-state index is 0.116. The highest BCUT2D eigenvalue weighted by molar-refractivity contribution is 5.40. The van der Waals surface area contributed by atoms with Crippen molar-refractivity contribution in [3.63, 3.8) is 0 Å². The summed E-state index contributed by atoms with van der Waals surface area (Å²) in [4.78, 5) is 0. The van der Waals surface area contributed by atoms with E-state index in [1.807, 2.05) is 13.8 Å². The molecule has 0 spiro atoms. The van der Waals surface area contributed by atoms with Crippen LogP contribution in [0.2, 0.25) is 0 Å². The van der Waals surface area contributed by atoms with Crippen LogP contribution in [0, 0.1) is 74.4 Å². The average Bonchev–Trinajstić information content (AvgIpc) is 3.68. The molecule has 3 N–H and O–H groups in total. The molecule has 0 radical (unpaired) electrons. The van der Waals surface area contributed by atoms with Crippen LogP contribution in [-0.2, 0) is 0 Å². The van der Waals surface area contributed by atoms with E-state index in [0.717, 1.165) is 80.5 Å². The van der Waals surface area contributed by atoms with Crippen molar-refractivity contribution in [2.24, 2.45) is 74.4 Å². The van der Waals surface area contributed by atoms with E-state index >= 15 is 0 Å². The maximum absolute atomic E-state index is 10.2. The van der Waals surface area contributed by atoms with Crippen LogP contribution in [-0.4, -0.2) is 33.1 Å². The Balaban J connectivity index is 0.000000177. The first-order valence-corrected chi connectivity index (χ1v) is 24.7. The number of fused-ring (bicyclic) bond motifs is 10. The summed E-state index contributed by atoms with van der Waals surface area (Å²) in [7, 11) is 0. The van der Waals surface area contributed by atoms with Gasteiger partial charge in [-0.25, -0.2) is 0 Å². The lowest BCUT2D eigenvalue weighted by molar-refractivity contribution is 0.0298. The van der Waals surface area contributed by atoms with Crippen molar-refractivity contribution in [1.82, 2.24) is 0 Å². The predicted octanol–water partition coefficient (Wildman–Crippen LogP) is 13.9. The van der Waals surface area contributed by atoms with Crippen LogP contribution in [0.25, 0.3) is 0 Å². The molecule has 326 valence electrons. The number of aliphatic hydroxyl groups is 3. The zero-order chi connectivity index (χ0) is 42.1. The van der Waals surface area contributed by atoms with E-state index in [9.17, 15) is 15.3 Å². The molecular weight excluding hydrogens is 709 g/mol. The Morgan fingerprint density at radius 3 is 1.60 bits per heavy atom. The third kappa shape index (κ3) is 8.40. The smallest absolute Gasteiger partial charge is 0.0591 e. The monoisotopic (exact) mass is 797 g/mol. The first-order valence-electron chi connectivity index (χ1n) is 24.7. The molecule has 0 aliphatic heterocycles. The van der Waals surface area contributed by atoms with Crippen molar-refractivity contribution in [2.75, 3.05) is 0 Å². The Bertz CT molecular complexity index is 1640. The van der Waals surface area contributed by atoms with Gasteiger partial charge < -0.3 is 15.3 Å². The molecule has 0 aromatic rings. The molecule has 0 heterocycles. The van der Waals surface area contributed by atoms with E-state index in [1.165, 1.54) is 81.8 Å². The summed E-state index contributed by atoms with van der Waals surface area (Å²) in [6, 6.07) is 0. The van der Waals surface area contributed by atoms with Gasteiger partial charge in [0.1, 0.15) is 0 Å². The molecule has 0 saturated heterocycles. The van der Waals surface area contributed by atoms with E-state index in [1.54, 1.807) is 11.1 Å². The van der Waals surface area contributed by atoms with Gasteiger partial charge in [-0.3, -0.25) is 0 Å². The fourth-order valence-electron chi connectivity index (χ4n) is 15.7. The molecule has 6 saturated carbocycles. The van der Waals surface area contributed by atoms with Gasteiger partial charge in [-0.2, -0.15) is 0 Å². The maximum Gasteiger partial charge on any atom is 0.0591 e. The lowest BCUT2D eigenvalue weighted by atomic mass is 9.50. The minimum atomic E-state index is -0.528. The van der Waals surface area contributed by atoms with Crippen LogP contribution in [0.3, 0.4) is 0 Å². The highest BCUT2D eigenvalue weighted by Crippen LogP contribution is 2.68. The van der Waals surface area contributed by atoms with E-state index in [2.05, 4.69) is 98.8 Å². The van der Waals surface area contributed by atoms with Gasteiger partial charge in [-0.05, 0) is 191 Å². The van der Waals surface area contributed by atoms with Gasteiger partial charge in [-0.15, -0.1) is 0 Å². The second-order valence-electron chi connectivity index (χ2n) is 24.7. The second kappa shape index (κ2) is 16.4. The van der Waals surface area contributed by atoms with Crippen LogP contribution in [0.15, 0.2) is 58.7 Å². The standard InChI is InChI=1S/C28H44O.C27H44O2/c1-19(8-7-15-26(2,3)4)23-11-12-24-22-10-9-20-18-21(29)13-16-27(20,5)25(22)14-17-28(23,24)6;1-18(7-6-14-25(2,3)29)22-10-11-23-21-9-8-19-17-20(28)12-15-26(19,4)24(21)13-16-27(22,23)5/h7-10,19,21,23-25,29H,11-18H2,1-6H3;8-9,18,20,22-24,28-29H,6-7,10-17H2,1-5H3/b8-7+;/t19-,21+,23-,24+,25+,27+,28-;18-,20+,22-,23+,24+,26+,27-/m11/s1. The van der Waals surface area contributed by atoms with Crippen molar-refractivity contribution in [2.45, 2.75) is 210 Å². The van der Waals surface area contributed by atoms with Crippen LogP contribution in [0.5, 0.6) is 0 Å². The Kier molecular flexibility index (Phi) is 12.6. The zero-order valence-corrected chi connectivity index (χ0v) is 39.3. The van der Waals surface area contributed by atoms with Crippen LogP contribution in [0.4, 0.5) is 0 Å². The molecule has 0 unspecified atom stereocenters. The number of rotatable bonds is 8. The molecule has 58 heavy (non-hydrogen) atoms. The third-order valence-electron chi connectivity index (χ3n) is 19.2. The first-order chi connectivity index (χ1) is 27.1. The summed E-state index contributed by atoms with van der Waals surface area (Å²) in [5.74, 6) is 6.02. The lowest BCUT2D eigenvalue weighted by Crippen LogP contribution is -2.46. The molecule has 8 aliphatic rings. The molecule has 0 aromatic carbocycles. The Morgan fingerprint density at radius 1 is 0.638 bits per heavy atom. The number of aliphatic hydroxyl groups excluding tert-OH is 2. The molecule has 0 aromatic heterocycles. The van der Waals surface area contributed by atoms with Crippen molar-refractivity contribution in [3.05, 3.63) is 58.7 Å². The maximum atomic E-state index is 10.2. The number of hydrogen-bond acceptors (Lipinski definition) is 3. The van der Waals surface area contributed by atoms with Crippen molar-refractivity contribution >= 4 is 0 Å². The lowest BCUT2D eigenvalue weighted by Gasteiger charge is -2.55. The van der Waals surface area contributed by atoms with E-state index in [0.29, 0.717) is 38.9 Å². The van der Waals surface area contributed by atoms with E-state index in [4.69, 9.17) is 0 Å². The summed E-state index contributed by atoms with van der Waals surface area (Å²) >= 11 is 0.